The van der Waals surface area contributed by atoms with Crippen molar-refractivity contribution in [3.8, 4) is 11.8 Å². The van der Waals surface area contributed by atoms with Gasteiger partial charge in [-0.05, 0) is 12.1 Å². The highest BCUT2D eigenvalue weighted by Crippen LogP contribution is 2.38. The standard InChI is InChI=1S/C16H13F9N4O3S/c1-28(11-4-3-8(33-11)16(23,24)25)13(30)29(2)12-26-9(31-6-14(17,18)19)5-10(27-12)32-7-15(20,21)22/h3-5H,6-7H2,1-2H3. The SMILES string of the molecule is CN(C(=O)N(C)c1ccc(C(F)(F)F)s1)c1nc(OCC(F)(F)F)cc(OCC(F)(F)F)n1. The van der Waals surface area contributed by atoms with Crippen LogP contribution in [0, 0.1) is 0 Å². The van der Waals surface area contributed by atoms with Gasteiger partial charge < -0.3 is 9.47 Å². The predicted octanol–water partition coefficient (Wildman–Crippen LogP) is 5.13. The molecule has 0 atom stereocenters. The Kier molecular flexibility index (Phi) is 7.55. The lowest BCUT2D eigenvalue weighted by Gasteiger charge is -2.23. The number of halogens is 9. The normalized spacial score (nSPS) is 12.5. The molecule has 0 aliphatic rings. The quantitative estimate of drug-likeness (QED) is 0.502. The van der Waals surface area contributed by atoms with Crippen LogP contribution < -0.4 is 19.3 Å². The highest BCUT2D eigenvalue weighted by molar-refractivity contribution is 7.16. The van der Waals surface area contributed by atoms with E-state index in [2.05, 4.69) is 19.4 Å². The lowest BCUT2D eigenvalue weighted by Crippen LogP contribution is -2.39. The van der Waals surface area contributed by atoms with Gasteiger partial charge in [0.15, 0.2) is 13.2 Å². The summed E-state index contributed by atoms with van der Waals surface area (Å²) in [5, 5.41) is -0.155. The number of amides is 2. The predicted molar refractivity (Wildman–Crippen MR) is 96.7 cm³/mol. The van der Waals surface area contributed by atoms with Crippen LogP contribution in [0.15, 0.2) is 18.2 Å². The fourth-order valence-electron chi connectivity index (χ4n) is 2.07. The highest BCUT2D eigenvalue weighted by atomic mass is 32.1. The zero-order valence-electron chi connectivity index (χ0n) is 16.5. The van der Waals surface area contributed by atoms with Gasteiger partial charge in [-0.15, -0.1) is 11.3 Å². The summed E-state index contributed by atoms with van der Waals surface area (Å²) < 4.78 is 122. The van der Waals surface area contributed by atoms with Crippen LogP contribution in [0.5, 0.6) is 11.8 Å². The van der Waals surface area contributed by atoms with Crippen molar-refractivity contribution in [2.75, 3.05) is 37.1 Å². The van der Waals surface area contributed by atoms with Crippen LogP contribution in [0.1, 0.15) is 4.88 Å². The monoisotopic (exact) mass is 512 g/mol. The fraction of sp³-hybridized carbons (Fsp3) is 0.438. The second-order valence-corrected chi connectivity index (χ2v) is 7.25. The maximum Gasteiger partial charge on any atom is 0.425 e. The Hall–Kier alpha value is -2.98. The number of rotatable bonds is 6. The number of nitrogens with zero attached hydrogens (tertiary/aromatic N) is 4. The van der Waals surface area contributed by atoms with E-state index in [0.717, 1.165) is 31.1 Å². The summed E-state index contributed by atoms with van der Waals surface area (Å²) in [4.78, 5) is 20.0. The molecule has 2 aromatic rings. The summed E-state index contributed by atoms with van der Waals surface area (Å²) in [6, 6.07) is 1.23. The summed E-state index contributed by atoms with van der Waals surface area (Å²) in [6.45, 7) is -3.70. The molecule has 2 heterocycles. The van der Waals surface area contributed by atoms with E-state index in [1.54, 1.807) is 0 Å². The summed E-state index contributed by atoms with van der Waals surface area (Å²) in [5.41, 5.74) is 0. The molecule has 0 aliphatic carbocycles. The lowest BCUT2D eigenvalue weighted by molar-refractivity contribution is -0.154. The van der Waals surface area contributed by atoms with E-state index in [-0.39, 0.29) is 16.3 Å². The average molecular weight is 512 g/mol. The van der Waals surface area contributed by atoms with E-state index in [9.17, 15) is 44.3 Å². The fourth-order valence-corrected chi connectivity index (χ4v) is 2.90. The Labute approximate surface area is 183 Å². The van der Waals surface area contributed by atoms with Crippen molar-refractivity contribution in [1.82, 2.24) is 9.97 Å². The molecule has 0 fully saturated rings. The highest BCUT2D eigenvalue weighted by Gasteiger charge is 2.34. The molecule has 0 unspecified atom stereocenters. The number of thiophene rings is 1. The Balaban J connectivity index is 2.30. The second kappa shape index (κ2) is 9.48. The van der Waals surface area contributed by atoms with Crippen LogP contribution in [-0.2, 0) is 6.18 Å². The zero-order valence-corrected chi connectivity index (χ0v) is 17.3. The summed E-state index contributed by atoms with van der Waals surface area (Å²) in [5.74, 6) is -2.43. The molecule has 2 amide bonds. The summed E-state index contributed by atoms with van der Waals surface area (Å²) >= 11 is 0.230. The molecule has 0 saturated heterocycles. The number of alkyl halides is 9. The first kappa shape index (κ1) is 26.3. The average Bonchev–Trinajstić information content (AvgIpc) is 3.18. The second-order valence-electron chi connectivity index (χ2n) is 6.19. The number of hydrogen-bond acceptors (Lipinski definition) is 6. The van der Waals surface area contributed by atoms with Gasteiger partial charge >= 0.3 is 24.6 Å². The van der Waals surface area contributed by atoms with E-state index in [4.69, 9.17) is 0 Å². The maximum atomic E-state index is 12.8. The van der Waals surface area contributed by atoms with Gasteiger partial charge in [-0.3, -0.25) is 9.80 Å². The van der Waals surface area contributed by atoms with Gasteiger partial charge in [-0.2, -0.15) is 49.5 Å². The minimum atomic E-state index is -4.81. The molecular weight excluding hydrogens is 499 g/mol. The molecule has 0 N–H and O–H groups in total. The molecule has 7 nitrogen and oxygen atoms in total. The van der Waals surface area contributed by atoms with Crippen molar-refractivity contribution in [2.24, 2.45) is 0 Å². The van der Waals surface area contributed by atoms with Gasteiger partial charge in [-0.1, -0.05) is 0 Å². The van der Waals surface area contributed by atoms with E-state index in [1.165, 1.54) is 0 Å². The molecule has 33 heavy (non-hydrogen) atoms. The summed E-state index contributed by atoms with van der Waals surface area (Å²) in [7, 11) is 2.09. The van der Waals surface area contributed by atoms with Crippen LogP contribution in [0.25, 0.3) is 0 Å². The Morgan fingerprint density at radius 3 is 1.76 bits per heavy atom. The maximum absolute atomic E-state index is 12.8. The van der Waals surface area contributed by atoms with Crippen LogP contribution in [-0.4, -0.2) is 55.7 Å². The summed E-state index contributed by atoms with van der Waals surface area (Å²) in [6.07, 6.45) is -14.3. The third-order valence-corrected chi connectivity index (χ3v) is 4.72. The van der Waals surface area contributed by atoms with Gasteiger partial charge in [0, 0.05) is 14.1 Å². The molecule has 2 rings (SSSR count). The van der Waals surface area contributed by atoms with E-state index < -0.39 is 60.4 Å². The van der Waals surface area contributed by atoms with Crippen LogP contribution in [0.4, 0.5) is 55.3 Å². The lowest BCUT2D eigenvalue weighted by atomic mass is 10.4. The van der Waals surface area contributed by atoms with Gasteiger partial charge in [-0.25, -0.2) is 4.79 Å². The molecule has 0 radical (unpaired) electrons. The van der Waals surface area contributed by atoms with E-state index in [1.807, 2.05) is 0 Å². The van der Waals surface area contributed by atoms with Gasteiger partial charge in [0.1, 0.15) is 4.88 Å². The number of urea groups is 1. The van der Waals surface area contributed by atoms with Crippen LogP contribution in [0.3, 0.4) is 0 Å². The molecule has 0 aromatic carbocycles. The zero-order chi connectivity index (χ0) is 25.2. The largest absolute Gasteiger partial charge is 0.468 e. The van der Waals surface area contributed by atoms with Gasteiger partial charge in [0.25, 0.3) is 0 Å². The van der Waals surface area contributed by atoms with Gasteiger partial charge in [0.05, 0.1) is 11.1 Å². The van der Waals surface area contributed by atoms with Crippen molar-refractivity contribution in [1.29, 1.82) is 0 Å². The minimum absolute atomic E-state index is 0.155. The number of aromatic nitrogens is 2. The molecule has 0 saturated carbocycles. The Morgan fingerprint density at radius 2 is 1.36 bits per heavy atom. The third kappa shape index (κ3) is 7.83. The van der Waals surface area contributed by atoms with Crippen molar-refractivity contribution in [3.63, 3.8) is 0 Å². The topological polar surface area (TPSA) is 67.8 Å². The third-order valence-electron chi connectivity index (χ3n) is 3.51. The van der Waals surface area contributed by atoms with Gasteiger partial charge in [0.2, 0.25) is 17.7 Å². The molecular formula is C16H13F9N4O3S. The molecule has 0 spiro atoms. The number of anilines is 2. The molecule has 2 aromatic heterocycles. The van der Waals surface area contributed by atoms with Crippen LogP contribution >= 0.6 is 11.3 Å². The number of ether oxygens (including phenoxy) is 2. The first-order valence-electron chi connectivity index (χ1n) is 8.43. The Bertz CT molecular complexity index is 939. The van der Waals surface area contributed by atoms with Crippen molar-refractivity contribution >= 4 is 28.3 Å². The van der Waals surface area contributed by atoms with Crippen molar-refractivity contribution < 1.29 is 53.8 Å². The molecule has 0 aliphatic heterocycles. The number of carbonyl (C=O) groups is 1. The molecule has 184 valence electrons. The van der Waals surface area contributed by atoms with Crippen molar-refractivity contribution in [3.05, 3.63) is 23.1 Å². The minimum Gasteiger partial charge on any atom is -0.468 e. The Morgan fingerprint density at radius 1 is 0.879 bits per heavy atom. The number of hydrogen-bond donors (Lipinski definition) is 0. The molecule has 17 heteroatoms. The first-order valence-corrected chi connectivity index (χ1v) is 9.24. The van der Waals surface area contributed by atoms with Crippen LogP contribution in [0.2, 0.25) is 0 Å². The first-order chi connectivity index (χ1) is 15.0. The number of carbonyl (C=O) groups excluding carboxylic acids is 1. The van der Waals surface area contributed by atoms with E-state index in [0.29, 0.717) is 11.0 Å². The van der Waals surface area contributed by atoms with E-state index >= 15 is 0 Å². The smallest absolute Gasteiger partial charge is 0.425 e. The van der Waals surface area contributed by atoms with Crippen molar-refractivity contribution in [2.45, 2.75) is 18.5 Å². The molecule has 0 bridgehead atoms.